The van der Waals surface area contributed by atoms with Gasteiger partial charge in [-0.05, 0) is 30.9 Å². The summed E-state index contributed by atoms with van der Waals surface area (Å²) in [5.74, 6) is -3.58. The molecule has 0 aliphatic heterocycles. The highest BCUT2D eigenvalue weighted by molar-refractivity contribution is 5.94. The van der Waals surface area contributed by atoms with Crippen LogP contribution in [0, 0.1) is 5.92 Å². The molecule has 5 unspecified atom stereocenters. The van der Waals surface area contributed by atoms with E-state index in [4.69, 9.17) is 16.6 Å². The Hall–Kier alpha value is -3.02. The molecule has 0 bridgehead atoms. The summed E-state index contributed by atoms with van der Waals surface area (Å²) in [6.07, 6.45) is 2.49. The Morgan fingerprint density at radius 3 is 2.11 bits per heavy atom. The molecule has 0 aromatic heterocycles. The Balaban J connectivity index is 3.05. The molecule has 0 radical (unpaired) electrons. The number of amides is 3. The topological polar surface area (TPSA) is 197 Å². The zero-order valence-corrected chi connectivity index (χ0v) is 20.4. The minimum atomic E-state index is -1.50. The maximum atomic E-state index is 13.3. The predicted octanol–water partition coefficient (Wildman–Crippen LogP) is -0.737. The number of rotatable bonds is 16. The molecular weight excluding hydrogens is 454 g/mol. The first-order valence-corrected chi connectivity index (χ1v) is 11.9. The Labute approximate surface area is 206 Å². The van der Waals surface area contributed by atoms with Crippen molar-refractivity contribution in [2.75, 3.05) is 13.2 Å². The molecule has 0 spiro atoms. The minimum Gasteiger partial charge on any atom is -0.480 e. The fraction of sp³-hybridized carbons (Fsp3) is 0.583. The lowest BCUT2D eigenvalue weighted by molar-refractivity contribution is -0.143. The van der Waals surface area contributed by atoms with Crippen LogP contribution in [0.1, 0.15) is 45.1 Å². The number of carboxylic acids is 1. The number of carbonyl (C=O) groups excluding carboxylic acids is 3. The van der Waals surface area contributed by atoms with Gasteiger partial charge < -0.3 is 37.6 Å². The van der Waals surface area contributed by atoms with Crippen molar-refractivity contribution < 1.29 is 29.4 Å². The van der Waals surface area contributed by atoms with E-state index in [2.05, 4.69) is 16.0 Å². The Kier molecular flexibility index (Phi) is 13.5. The van der Waals surface area contributed by atoms with E-state index in [1.54, 1.807) is 19.1 Å². The molecule has 35 heavy (non-hydrogen) atoms. The van der Waals surface area contributed by atoms with Crippen LogP contribution in [-0.2, 0) is 25.6 Å². The second-order valence-electron chi connectivity index (χ2n) is 8.60. The first-order valence-electron chi connectivity index (χ1n) is 11.9. The van der Waals surface area contributed by atoms with Crippen LogP contribution in [0.4, 0.5) is 0 Å². The standard InChI is InChI=1S/C24H39N5O6/c1-3-15(2)20(23(33)28-19(14-30)24(34)35)29-22(32)18(13-16-9-5-4-6-10-16)27-21(31)17(26)11-7-8-12-25/h4-6,9-10,15,17-20,30H,3,7-8,11-14,25-26H2,1-2H3,(H,27,31)(H,28,33)(H,29,32)(H,34,35). The summed E-state index contributed by atoms with van der Waals surface area (Å²) in [4.78, 5) is 50.0. The van der Waals surface area contributed by atoms with Crippen LogP contribution < -0.4 is 27.4 Å². The van der Waals surface area contributed by atoms with E-state index >= 15 is 0 Å². The zero-order valence-electron chi connectivity index (χ0n) is 20.4. The van der Waals surface area contributed by atoms with Crippen LogP contribution in [0.2, 0.25) is 0 Å². The van der Waals surface area contributed by atoms with Crippen molar-refractivity contribution in [3.8, 4) is 0 Å². The van der Waals surface area contributed by atoms with E-state index in [-0.39, 0.29) is 12.3 Å². The number of carbonyl (C=O) groups is 4. The van der Waals surface area contributed by atoms with Crippen LogP contribution >= 0.6 is 0 Å². The number of aliphatic hydroxyl groups excluding tert-OH is 1. The van der Waals surface area contributed by atoms with Gasteiger partial charge in [0.05, 0.1) is 12.6 Å². The van der Waals surface area contributed by atoms with Crippen molar-refractivity contribution in [3.05, 3.63) is 35.9 Å². The molecule has 11 heteroatoms. The normalized spacial score (nSPS) is 15.2. The molecule has 11 nitrogen and oxygen atoms in total. The average molecular weight is 494 g/mol. The summed E-state index contributed by atoms with van der Waals surface area (Å²) in [5.41, 5.74) is 12.3. The number of aliphatic hydroxyl groups is 1. The summed E-state index contributed by atoms with van der Waals surface area (Å²) in [6, 6.07) is 4.65. The summed E-state index contributed by atoms with van der Waals surface area (Å²) in [5, 5.41) is 26.0. The Morgan fingerprint density at radius 1 is 0.943 bits per heavy atom. The fourth-order valence-electron chi connectivity index (χ4n) is 3.38. The van der Waals surface area contributed by atoms with E-state index < -0.39 is 54.5 Å². The van der Waals surface area contributed by atoms with E-state index in [1.807, 2.05) is 25.1 Å². The number of nitrogens with one attached hydrogen (secondary N) is 3. The van der Waals surface area contributed by atoms with Crippen LogP contribution in [0.15, 0.2) is 30.3 Å². The molecule has 9 N–H and O–H groups in total. The van der Waals surface area contributed by atoms with Gasteiger partial charge in [0.2, 0.25) is 17.7 Å². The quantitative estimate of drug-likeness (QED) is 0.146. The van der Waals surface area contributed by atoms with E-state index in [9.17, 15) is 24.3 Å². The Bertz CT molecular complexity index is 822. The highest BCUT2D eigenvalue weighted by Crippen LogP contribution is 2.11. The third-order valence-corrected chi connectivity index (χ3v) is 5.81. The van der Waals surface area contributed by atoms with Gasteiger partial charge in [0.1, 0.15) is 18.1 Å². The third kappa shape index (κ3) is 10.4. The van der Waals surface area contributed by atoms with Gasteiger partial charge in [0.25, 0.3) is 0 Å². The molecule has 1 aromatic carbocycles. The van der Waals surface area contributed by atoms with E-state index in [0.29, 0.717) is 25.8 Å². The van der Waals surface area contributed by atoms with Gasteiger partial charge in [-0.1, -0.05) is 57.0 Å². The molecule has 1 rings (SSSR count). The summed E-state index contributed by atoms with van der Waals surface area (Å²) in [6.45, 7) is 3.25. The van der Waals surface area contributed by atoms with Gasteiger partial charge in [0.15, 0.2) is 0 Å². The zero-order chi connectivity index (χ0) is 26.4. The molecule has 0 aliphatic carbocycles. The monoisotopic (exact) mass is 493 g/mol. The van der Waals surface area contributed by atoms with Crippen LogP contribution in [-0.4, -0.2) is 71.2 Å². The SMILES string of the molecule is CCC(C)C(NC(=O)C(Cc1ccccc1)NC(=O)C(N)CCCCN)C(=O)NC(CO)C(=O)O. The lowest BCUT2D eigenvalue weighted by atomic mass is 9.96. The molecule has 0 fully saturated rings. The van der Waals surface area contributed by atoms with Crippen LogP contribution in [0.3, 0.4) is 0 Å². The van der Waals surface area contributed by atoms with Gasteiger partial charge in [0, 0.05) is 6.42 Å². The van der Waals surface area contributed by atoms with Crippen LogP contribution in [0.5, 0.6) is 0 Å². The second kappa shape index (κ2) is 15.8. The van der Waals surface area contributed by atoms with Gasteiger partial charge >= 0.3 is 5.97 Å². The molecule has 0 saturated heterocycles. The van der Waals surface area contributed by atoms with Crippen molar-refractivity contribution in [1.82, 2.24) is 16.0 Å². The van der Waals surface area contributed by atoms with Gasteiger partial charge in [-0.3, -0.25) is 14.4 Å². The minimum absolute atomic E-state index is 0.164. The lowest BCUT2D eigenvalue weighted by Crippen LogP contribution is -2.59. The number of benzene rings is 1. The summed E-state index contributed by atoms with van der Waals surface area (Å²) < 4.78 is 0. The maximum absolute atomic E-state index is 13.3. The molecule has 5 atom stereocenters. The van der Waals surface area contributed by atoms with E-state index in [0.717, 1.165) is 12.0 Å². The largest absolute Gasteiger partial charge is 0.480 e. The van der Waals surface area contributed by atoms with E-state index in [1.165, 1.54) is 0 Å². The molecule has 1 aromatic rings. The molecule has 196 valence electrons. The molecule has 0 saturated carbocycles. The van der Waals surface area contributed by atoms with Crippen molar-refractivity contribution in [3.63, 3.8) is 0 Å². The van der Waals surface area contributed by atoms with Gasteiger partial charge in [-0.15, -0.1) is 0 Å². The first-order chi connectivity index (χ1) is 16.6. The van der Waals surface area contributed by atoms with Gasteiger partial charge in [-0.2, -0.15) is 0 Å². The maximum Gasteiger partial charge on any atom is 0.328 e. The van der Waals surface area contributed by atoms with Gasteiger partial charge in [-0.25, -0.2) is 4.79 Å². The van der Waals surface area contributed by atoms with Crippen molar-refractivity contribution in [1.29, 1.82) is 0 Å². The van der Waals surface area contributed by atoms with Crippen LogP contribution in [0.25, 0.3) is 0 Å². The summed E-state index contributed by atoms with van der Waals surface area (Å²) >= 11 is 0. The first kappa shape index (κ1) is 30.0. The highest BCUT2D eigenvalue weighted by atomic mass is 16.4. The number of unbranched alkanes of at least 4 members (excludes halogenated alkanes) is 1. The number of aliphatic carboxylic acids is 1. The number of hydrogen-bond donors (Lipinski definition) is 7. The number of carboxylic acid groups (broad SMARTS) is 1. The second-order valence-corrected chi connectivity index (χ2v) is 8.60. The third-order valence-electron chi connectivity index (χ3n) is 5.81. The lowest BCUT2D eigenvalue weighted by Gasteiger charge is -2.28. The Morgan fingerprint density at radius 2 is 1.57 bits per heavy atom. The average Bonchev–Trinajstić information content (AvgIpc) is 2.84. The molecule has 0 aliphatic rings. The smallest absolute Gasteiger partial charge is 0.328 e. The highest BCUT2D eigenvalue weighted by Gasteiger charge is 2.32. The molecular formula is C24H39N5O6. The van der Waals surface area contributed by atoms with Crippen molar-refractivity contribution in [2.24, 2.45) is 17.4 Å². The fourth-order valence-corrected chi connectivity index (χ4v) is 3.38. The molecule has 0 heterocycles. The number of hydrogen-bond acceptors (Lipinski definition) is 7. The number of nitrogens with two attached hydrogens (primary N) is 2. The van der Waals surface area contributed by atoms with Crippen molar-refractivity contribution in [2.45, 2.75) is 70.1 Å². The van der Waals surface area contributed by atoms with Crippen molar-refractivity contribution >= 4 is 23.7 Å². The predicted molar refractivity (Wildman–Crippen MR) is 131 cm³/mol. The molecule has 3 amide bonds. The summed E-state index contributed by atoms with van der Waals surface area (Å²) in [7, 11) is 0.